The van der Waals surface area contributed by atoms with E-state index in [1.165, 1.54) is 0 Å². The molecular formula is C37H44O10. The Kier molecular flexibility index (Phi) is 11.9. The lowest BCUT2D eigenvalue weighted by Crippen LogP contribution is -2.43. The second kappa shape index (κ2) is 16.2. The molecule has 0 saturated carbocycles. The molecule has 0 amide bonds. The highest BCUT2D eigenvalue weighted by atomic mass is 16.5. The predicted octanol–water partition coefficient (Wildman–Crippen LogP) is 6.08. The maximum Gasteiger partial charge on any atom is 0.343 e. The predicted molar refractivity (Wildman–Crippen MR) is 174 cm³/mol. The van der Waals surface area contributed by atoms with Crippen LogP contribution in [0.1, 0.15) is 53.0 Å². The van der Waals surface area contributed by atoms with Crippen LogP contribution in [0.5, 0.6) is 23.0 Å². The van der Waals surface area contributed by atoms with Crippen molar-refractivity contribution in [1.82, 2.24) is 0 Å². The number of aryl methyl sites for hydroxylation is 1. The zero-order valence-electron chi connectivity index (χ0n) is 27.4. The highest BCUT2D eigenvalue weighted by Crippen LogP contribution is 2.28. The Morgan fingerprint density at radius 3 is 1.49 bits per heavy atom. The molecule has 2 saturated heterocycles. The van der Waals surface area contributed by atoms with Crippen LogP contribution in [0.15, 0.2) is 66.7 Å². The van der Waals surface area contributed by atoms with Crippen molar-refractivity contribution < 1.29 is 47.5 Å². The summed E-state index contributed by atoms with van der Waals surface area (Å²) in [6.45, 7) is 12.7. The second-order valence-electron chi connectivity index (χ2n) is 12.9. The van der Waals surface area contributed by atoms with Crippen LogP contribution in [0, 0.1) is 17.8 Å². The van der Waals surface area contributed by atoms with Crippen molar-refractivity contribution in [2.75, 3.05) is 66.1 Å². The molecule has 252 valence electrons. The first-order valence-electron chi connectivity index (χ1n) is 16.0. The molecule has 0 unspecified atom stereocenters. The Balaban J connectivity index is 0.997. The van der Waals surface area contributed by atoms with Crippen molar-refractivity contribution in [3.05, 3.63) is 83.4 Å². The molecule has 3 aromatic rings. The summed E-state index contributed by atoms with van der Waals surface area (Å²) >= 11 is 0. The third kappa shape index (κ3) is 10.3. The van der Waals surface area contributed by atoms with E-state index in [0.717, 1.165) is 39.3 Å². The van der Waals surface area contributed by atoms with Gasteiger partial charge in [-0.2, -0.15) is 0 Å². The summed E-state index contributed by atoms with van der Waals surface area (Å²) in [5.41, 5.74) is 1.71. The number of carbonyl (C=O) groups excluding carboxylic acids is 2. The van der Waals surface area contributed by atoms with Gasteiger partial charge in [0.15, 0.2) is 0 Å². The topological polar surface area (TPSA) is 108 Å². The van der Waals surface area contributed by atoms with E-state index in [-0.39, 0.29) is 10.8 Å². The van der Waals surface area contributed by atoms with Gasteiger partial charge in [-0.1, -0.05) is 13.8 Å². The molecule has 2 heterocycles. The molecule has 2 aliphatic heterocycles. The maximum absolute atomic E-state index is 12.8. The maximum atomic E-state index is 12.8. The lowest BCUT2D eigenvalue weighted by Gasteiger charge is -2.37. The average molecular weight is 649 g/mol. The molecule has 3 aromatic carbocycles. The number of hydrogen-bond donors (Lipinski definition) is 0. The van der Waals surface area contributed by atoms with Crippen molar-refractivity contribution in [1.29, 1.82) is 0 Å². The Bertz CT molecular complexity index is 1460. The van der Waals surface area contributed by atoms with E-state index in [1.807, 2.05) is 0 Å². The van der Waals surface area contributed by atoms with Crippen LogP contribution in [0.4, 0.5) is 0 Å². The van der Waals surface area contributed by atoms with Crippen LogP contribution in [-0.4, -0.2) is 78.0 Å². The van der Waals surface area contributed by atoms with E-state index >= 15 is 0 Å². The fourth-order valence-corrected chi connectivity index (χ4v) is 4.91. The van der Waals surface area contributed by atoms with Gasteiger partial charge in [-0.3, -0.25) is 0 Å². The first-order chi connectivity index (χ1) is 22.7. The molecule has 0 radical (unpaired) electrons. The fraction of sp³-hybridized carbons (Fsp3) is 0.459. The van der Waals surface area contributed by atoms with Crippen molar-refractivity contribution in [2.45, 2.75) is 33.6 Å². The van der Waals surface area contributed by atoms with Crippen LogP contribution in [0.2, 0.25) is 0 Å². The number of benzene rings is 3. The molecule has 5 rings (SSSR count). The Labute approximate surface area is 276 Å². The molecule has 47 heavy (non-hydrogen) atoms. The SMILES string of the molecule is Cc1cc(OC(=O)c2ccc(OCCCOCC3(C)COC3)cc2)ccc1OC(=O)c1ccc(OCCCOCC2(C)COC2)cc1. The van der Waals surface area contributed by atoms with Crippen LogP contribution in [0.3, 0.4) is 0 Å². The minimum absolute atomic E-state index is 0.143. The lowest BCUT2D eigenvalue weighted by molar-refractivity contribution is -0.138. The molecule has 10 heteroatoms. The van der Waals surface area contributed by atoms with Gasteiger partial charge in [0.1, 0.15) is 23.0 Å². The Morgan fingerprint density at radius 1 is 0.617 bits per heavy atom. The number of ether oxygens (including phenoxy) is 8. The molecule has 2 aliphatic rings. The molecule has 0 N–H and O–H groups in total. The van der Waals surface area contributed by atoms with Gasteiger partial charge in [-0.25, -0.2) is 9.59 Å². The minimum atomic E-state index is -0.504. The van der Waals surface area contributed by atoms with E-state index in [2.05, 4.69) is 13.8 Å². The molecule has 0 atom stereocenters. The highest BCUT2D eigenvalue weighted by molar-refractivity contribution is 5.92. The van der Waals surface area contributed by atoms with Crippen molar-refractivity contribution in [3.8, 4) is 23.0 Å². The second-order valence-corrected chi connectivity index (χ2v) is 12.9. The van der Waals surface area contributed by atoms with Crippen LogP contribution < -0.4 is 18.9 Å². The summed E-state index contributed by atoms with van der Waals surface area (Å²) in [5.74, 6) is 1.03. The Morgan fingerprint density at radius 2 is 1.06 bits per heavy atom. The summed E-state index contributed by atoms with van der Waals surface area (Å²) in [6, 6.07) is 18.4. The van der Waals surface area contributed by atoms with E-state index in [0.29, 0.717) is 79.3 Å². The van der Waals surface area contributed by atoms with Gasteiger partial charge in [-0.05, 0) is 79.2 Å². The first-order valence-corrected chi connectivity index (χ1v) is 16.0. The van der Waals surface area contributed by atoms with E-state index < -0.39 is 11.9 Å². The summed E-state index contributed by atoms with van der Waals surface area (Å²) in [4.78, 5) is 25.5. The molecule has 0 aromatic heterocycles. The summed E-state index contributed by atoms with van der Waals surface area (Å²) in [7, 11) is 0. The van der Waals surface area contributed by atoms with E-state index in [4.69, 9.17) is 37.9 Å². The number of hydrogen-bond acceptors (Lipinski definition) is 10. The summed E-state index contributed by atoms with van der Waals surface area (Å²) in [5, 5.41) is 0. The monoisotopic (exact) mass is 648 g/mol. The van der Waals surface area contributed by atoms with Gasteiger partial charge in [0, 0.05) is 36.9 Å². The highest BCUT2D eigenvalue weighted by Gasteiger charge is 2.34. The van der Waals surface area contributed by atoms with Gasteiger partial charge < -0.3 is 37.9 Å². The van der Waals surface area contributed by atoms with Crippen molar-refractivity contribution >= 4 is 11.9 Å². The standard InChI is InChI=1S/C37H44O10/c1-27-20-32(46-34(38)28-6-10-30(11-7-28)44-18-4-16-40-21-36(2)23-42-24-36)14-15-33(27)47-35(39)29-8-12-31(13-9-29)45-19-5-17-41-22-37(3)25-43-26-37/h6-15,20H,4-5,16-19,21-26H2,1-3H3. The summed E-state index contributed by atoms with van der Waals surface area (Å²) < 4.78 is 44.6. The van der Waals surface area contributed by atoms with Crippen LogP contribution in [-0.2, 0) is 18.9 Å². The number of rotatable bonds is 18. The Hall–Kier alpha value is -3.96. The largest absolute Gasteiger partial charge is 0.494 e. The van der Waals surface area contributed by atoms with Gasteiger partial charge in [0.25, 0.3) is 0 Å². The zero-order valence-corrected chi connectivity index (χ0v) is 27.4. The average Bonchev–Trinajstić information content (AvgIpc) is 3.04. The van der Waals surface area contributed by atoms with Gasteiger partial charge in [0.2, 0.25) is 0 Å². The van der Waals surface area contributed by atoms with Crippen LogP contribution >= 0.6 is 0 Å². The molecule has 0 spiro atoms. The molecule has 0 bridgehead atoms. The van der Waals surface area contributed by atoms with E-state index in [9.17, 15) is 9.59 Å². The molecule has 2 fully saturated rings. The number of esters is 2. The number of carbonyl (C=O) groups is 2. The van der Waals surface area contributed by atoms with Crippen molar-refractivity contribution in [3.63, 3.8) is 0 Å². The third-order valence-corrected chi connectivity index (χ3v) is 7.85. The molecule has 10 nitrogen and oxygen atoms in total. The van der Waals surface area contributed by atoms with Crippen LogP contribution in [0.25, 0.3) is 0 Å². The quantitative estimate of drug-likeness (QED) is 0.0915. The van der Waals surface area contributed by atoms with Gasteiger partial charge in [0.05, 0.1) is 64.0 Å². The first kappa shape index (κ1) is 34.4. The summed E-state index contributed by atoms with van der Waals surface area (Å²) in [6.07, 6.45) is 1.53. The van der Waals surface area contributed by atoms with Gasteiger partial charge in [-0.15, -0.1) is 0 Å². The van der Waals surface area contributed by atoms with Crippen molar-refractivity contribution in [2.24, 2.45) is 10.8 Å². The minimum Gasteiger partial charge on any atom is -0.494 e. The normalized spacial score (nSPS) is 16.0. The van der Waals surface area contributed by atoms with E-state index in [1.54, 1.807) is 73.7 Å². The smallest absolute Gasteiger partial charge is 0.343 e. The lowest BCUT2D eigenvalue weighted by atomic mass is 9.90. The molecule has 0 aliphatic carbocycles. The zero-order chi connectivity index (χ0) is 33.1. The molecular weight excluding hydrogens is 604 g/mol. The van der Waals surface area contributed by atoms with Gasteiger partial charge >= 0.3 is 11.9 Å². The fourth-order valence-electron chi connectivity index (χ4n) is 4.91. The third-order valence-electron chi connectivity index (χ3n) is 7.85.